The summed E-state index contributed by atoms with van der Waals surface area (Å²) < 4.78 is 27.3. The fraction of sp³-hybridized carbons (Fsp3) is 0.200. The number of benzene rings is 2. The van der Waals surface area contributed by atoms with E-state index in [0.29, 0.717) is 31.1 Å². The van der Waals surface area contributed by atoms with Crippen LogP contribution in [0.3, 0.4) is 0 Å². The number of aromatic nitrogens is 2. The molecule has 0 saturated carbocycles. The Balaban J connectivity index is 1.59. The molecule has 160 valence electrons. The molecule has 0 bridgehead atoms. The van der Waals surface area contributed by atoms with Crippen LogP contribution >= 0.6 is 11.3 Å². The maximum Gasteiger partial charge on any atom is 0.136 e. The van der Waals surface area contributed by atoms with Gasteiger partial charge in [0.2, 0.25) is 0 Å². The molecule has 0 radical (unpaired) electrons. The molecule has 0 aliphatic carbocycles. The van der Waals surface area contributed by atoms with E-state index in [-0.39, 0.29) is 5.82 Å². The lowest BCUT2D eigenvalue weighted by atomic mass is 9.90. The topological polar surface area (TPSA) is 60.1 Å². The largest absolute Gasteiger partial charge is 0.488 e. The van der Waals surface area contributed by atoms with Gasteiger partial charge in [0.1, 0.15) is 30.6 Å². The molecule has 0 atom stereocenters. The molecular formula is C25H20FN3O2S. The van der Waals surface area contributed by atoms with Crippen LogP contribution in [-0.2, 0) is 24.5 Å². The molecular weight excluding hydrogens is 425 g/mol. The van der Waals surface area contributed by atoms with Crippen molar-refractivity contribution in [1.82, 2.24) is 9.55 Å². The van der Waals surface area contributed by atoms with Crippen LogP contribution in [0.4, 0.5) is 4.39 Å². The first-order valence-corrected chi connectivity index (χ1v) is 11.1. The number of hydrogen-bond acceptors (Lipinski definition) is 5. The second kappa shape index (κ2) is 8.23. The van der Waals surface area contributed by atoms with Crippen LogP contribution in [-0.4, -0.2) is 16.7 Å². The van der Waals surface area contributed by atoms with Crippen molar-refractivity contribution in [2.24, 2.45) is 0 Å². The summed E-state index contributed by atoms with van der Waals surface area (Å²) in [6.07, 6.45) is 0. The molecule has 3 heterocycles. The number of fused-ring (bicyclic) bond motifs is 3. The second-order valence-corrected chi connectivity index (χ2v) is 8.47. The lowest BCUT2D eigenvalue weighted by Gasteiger charge is -2.14. The lowest BCUT2D eigenvalue weighted by Crippen LogP contribution is -2.07. The number of rotatable bonds is 4. The van der Waals surface area contributed by atoms with Gasteiger partial charge in [-0.2, -0.15) is 5.26 Å². The molecule has 0 amide bonds. The quantitative estimate of drug-likeness (QED) is 0.380. The van der Waals surface area contributed by atoms with Crippen molar-refractivity contribution in [2.45, 2.75) is 26.7 Å². The van der Waals surface area contributed by atoms with Gasteiger partial charge in [0.25, 0.3) is 0 Å². The van der Waals surface area contributed by atoms with E-state index in [2.05, 4.69) is 33.1 Å². The van der Waals surface area contributed by atoms with E-state index in [4.69, 9.17) is 9.47 Å². The van der Waals surface area contributed by atoms with E-state index in [9.17, 15) is 9.65 Å². The molecule has 0 spiro atoms. The van der Waals surface area contributed by atoms with Crippen molar-refractivity contribution in [3.05, 3.63) is 86.6 Å². The Bertz CT molecular complexity index is 1410. The molecule has 2 aromatic heterocycles. The summed E-state index contributed by atoms with van der Waals surface area (Å²) in [5.41, 5.74) is 7.10. The van der Waals surface area contributed by atoms with E-state index in [1.165, 1.54) is 12.1 Å². The van der Waals surface area contributed by atoms with Crippen LogP contribution in [0.25, 0.3) is 16.6 Å². The molecule has 0 N–H and O–H groups in total. The zero-order chi connectivity index (χ0) is 22.2. The van der Waals surface area contributed by atoms with Gasteiger partial charge in [0.05, 0.1) is 17.1 Å². The van der Waals surface area contributed by atoms with Gasteiger partial charge in [0, 0.05) is 47.2 Å². The number of hydrogen-bond donors (Lipinski definition) is 0. The van der Waals surface area contributed by atoms with Crippen LogP contribution < -0.4 is 4.74 Å². The minimum absolute atomic E-state index is 0.296. The Kier molecular flexibility index (Phi) is 5.25. The molecule has 1 aliphatic rings. The Labute approximate surface area is 189 Å². The summed E-state index contributed by atoms with van der Waals surface area (Å²) in [4.78, 5) is 4.69. The summed E-state index contributed by atoms with van der Waals surface area (Å²) >= 11 is 1.63. The molecule has 0 unspecified atom stereocenters. The van der Waals surface area contributed by atoms with E-state index >= 15 is 0 Å². The first kappa shape index (κ1) is 20.4. The van der Waals surface area contributed by atoms with Crippen molar-refractivity contribution in [3.8, 4) is 11.8 Å². The van der Waals surface area contributed by atoms with Gasteiger partial charge < -0.3 is 14.0 Å². The van der Waals surface area contributed by atoms with Crippen molar-refractivity contribution >= 4 is 27.9 Å². The number of nitriles is 1. The first-order chi connectivity index (χ1) is 15.6. The van der Waals surface area contributed by atoms with Crippen LogP contribution in [0.15, 0.2) is 52.7 Å². The fourth-order valence-electron chi connectivity index (χ4n) is 4.20. The Hall–Kier alpha value is -3.47. The number of halogens is 1. The predicted octanol–water partition coefficient (Wildman–Crippen LogP) is 5.67. The fourth-order valence-corrected chi connectivity index (χ4v) is 4.94. The molecule has 7 heteroatoms. The van der Waals surface area contributed by atoms with Gasteiger partial charge in [-0.1, -0.05) is 12.1 Å². The van der Waals surface area contributed by atoms with Crippen LogP contribution in [0.5, 0.6) is 5.75 Å². The summed E-state index contributed by atoms with van der Waals surface area (Å²) in [6.45, 7) is 3.14. The maximum atomic E-state index is 13.9. The smallest absolute Gasteiger partial charge is 0.136 e. The SMILES string of the molecule is COCc1nc2cscc2n1Cc1ccc2c(c1)COc1cc(F)ccc1C2=C(C)C#N. The predicted molar refractivity (Wildman–Crippen MR) is 122 cm³/mol. The second-order valence-electron chi connectivity index (χ2n) is 7.72. The van der Waals surface area contributed by atoms with E-state index in [0.717, 1.165) is 44.7 Å². The Morgan fingerprint density at radius 2 is 2.09 bits per heavy atom. The molecule has 0 fully saturated rings. The molecule has 5 nitrogen and oxygen atoms in total. The van der Waals surface area contributed by atoms with Crippen molar-refractivity contribution in [2.75, 3.05) is 7.11 Å². The van der Waals surface area contributed by atoms with Crippen LogP contribution in [0.1, 0.15) is 35.0 Å². The zero-order valence-electron chi connectivity index (χ0n) is 17.7. The van der Waals surface area contributed by atoms with Crippen molar-refractivity contribution in [1.29, 1.82) is 5.26 Å². The molecule has 32 heavy (non-hydrogen) atoms. The average molecular weight is 446 g/mol. The third-order valence-electron chi connectivity index (χ3n) is 5.67. The highest BCUT2D eigenvalue weighted by Crippen LogP contribution is 2.39. The van der Waals surface area contributed by atoms with Gasteiger partial charge in [-0.25, -0.2) is 9.37 Å². The van der Waals surface area contributed by atoms with E-state index in [1.54, 1.807) is 31.4 Å². The summed E-state index contributed by atoms with van der Waals surface area (Å²) in [5.74, 6) is 0.958. The monoisotopic (exact) mass is 445 g/mol. The molecule has 5 rings (SSSR count). The summed E-state index contributed by atoms with van der Waals surface area (Å²) in [5, 5.41) is 13.8. The minimum Gasteiger partial charge on any atom is -0.488 e. The average Bonchev–Trinajstić information content (AvgIpc) is 3.32. The number of allylic oxidation sites excluding steroid dienone is 1. The van der Waals surface area contributed by atoms with E-state index < -0.39 is 0 Å². The summed E-state index contributed by atoms with van der Waals surface area (Å²) in [6, 6.07) is 12.9. The van der Waals surface area contributed by atoms with Gasteiger partial charge in [-0.15, -0.1) is 11.3 Å². The van der Waals surface area contributed by atoms with Crippen LogP contribution in [0.2, 0.25) is 0 Å². The highest BCUT2D eigenvalue weighted by atomic mass is 32.1. The van der Waals surface area contributed by atoms with Gasteiger partial charge in [-0.3, -0.25) is 0 Å². The van der Waals surface area contributed by atoms with Gasteiger partial charge >= 0.3 is 0 Å². The highest BCUT2D eigenvalue weighted by molar-refractivity contribution is 7.09. The Morgan fingerprint density at radius 1 is 1.25 bits per heavy atom. The number of ether oxygens (including phenoxy) is 2. The number of thiophene rings is 1. The maximum absolute atomic E-state index is 13.9. The standard InChI is InChI=1S/C25H20FN3O2S/c1-15(9-27)25-19-5-3-16(7-17(19)11-31-23-8-18(26)4-6-20(23)25)10-29-22-14-32-13-21(22)28-24(29)12-30-2/h3-8,13-14H,10-12H2,1-2H3. The number of methoxy groups -OCH3 is 1. The van der Waals surface area contributed by atoms with Gasteiger partial charge in [0.15, 0.2) is 0 Å². The van der Waals surface area contributed by atoms with E-state index in [1.807, 2.05) is 11.4 Å². The summed E-state index contributed by atoms with van der Waals surface area (Å²) in [7, 11) is 1.66. The Morgan fingerprint density at radius 3 is 2.91 bits per heavy atom. The van der Waals surface area contributed by atoms with Gasteiger partial charge in [-0.05, 0) is 41.8 Å². The lowest BCUT2D eigenvalue weighted by molar-refractivity contribution is 0.175. The molecule has 2 aromatic carbocycles. The minimum atomic E-state index is -0.366. The van der Waals surface area contributed by atoms with Crippen molar-refractivity contribution < 1.29 is 13.9 Å². The first-order valence-electron chi connectivity index (χ1n) is 10.1. The third kappa shape index (κ3) is 3.48. The zero-order valence-corrected chi connectivity index (χ0v) is 18.5. The molecule has 0 saturated heterocycles. The molecule has 4 aromatic rings. The normalized spacial score (nSPS) is 14.3. The van der Waals surface area contributed by atoms with Crippen LogP contribution in [0, 0.1) is 17.1 Å². The number of nitrogens with zero attached hydrogens (tertiary/aromatic N) is 3. The third-order valence-corrected chi connectivity index (χ3v) is 6.38. The number of imidazole rings is 1. The molecule has 1 aliphatic heterocycles. The van der Waals surface area contributed by atoms with Crippen molar-refractivity contribution in [3.63, 3.8) is 0 Å². The highest BCUT2D eigenvalue weighted by Gasteiger charge is 2.22.